The standard InChI is InChI=1S/C23H29F3O3Si/c1-22(2,3)30(4,5)27-13-7-6-8-18-10-12-20(28-18)21-15-16-14-17(23(24,25)26)9-11-19(16)29-21/h9,11,14-15,18,20H,7,10,12-13H2,1-5H3/t18-,20-/m1/s1. The van der Waals surface area contributed by atoms with Crippen molar-refractivity contribution >= 4 is 19.3 Å². The van der Waals surface area contributed by atoms with Crippen LogP contribution < -0.4 is 0 Å². The maximum Gasteiger partial charge on any atom is 0.416 e. The van der Waals surface area contributed by atoms with Crippen LogP contribution in [0.3, 0.4) is 0 Å². The molecule has 0 saturated carbocycles. The summed E-state index contributed by atoms with van der Waals surface area (Å²) < 4.78 is 56.5. The van der Waals surface area contributed by atoms with Crippen LogP contribution in [0, 0.1) is 11.8 Å². The zero-order chi connectivity index (χ0) is 22.2. The van der Waals surface area contributed by atoms with Crippen molar-refractivity contribution in [1.82, 2.24) is 0 Å². The lowest BCUT2D eigenvalue weighted by Crippen LogP contribution is -2.40. The molecule has 1 aliphatic heterocycles. The highest BCUT2D eigenvalue weighted by atomic mass is 28.4. The van der Waals surface area contributed by atoms with E-state index in [-0.39, 0.29) is 17.2 Å². The van der Waals surface area contributed by atoms with Crippen LogP contribution >= 0.6 is 0 Å². The second kappa shape index (κ2) is 8.41. The Morgan fingerprint density at radius 2 is 1.87 bits per heavy atom. The van der Waals surface area contributed by atoms with E-state index in [4.69, 9.17) is 13.6 Å². The van der Waals surface area contributed by atoms with Gasteiger partial charge < -0.3 is 13.6 Å². The maximum absolute atomic E-state index is 12.9. The second-order valence-electron chi connectivity index (χ2n) is 9.27. The van der Waals surface area contributed by atoms with E-state index in [9.17, 15) is 13.2 Å². The van der Waals surface area contributed by atoms with Crippen molar-refractivity contribution < 1.29 is 26.8 Å². The van der Waals surface area contributed by atoms with Gasteiger partial charge in [-0.2, -0.15) is 13.2 Å². The lowest BCUT2D eigenvalue weighted by Gasteiger charge is -2.35. The highest BCUT2D eigenvalue weighted by Crippen LogP contribution is 2.38. The van der Waals surface area contributed by atoms with E-state index >= 15 is 0 Å². The molecule has 0 N–H and O–H groups in total. The first kappa shape index (κ1) is 22.9. The Hall–Kier alpha value is -1.75. The van der Waals surface area contributed by atoms with Crippen LogP contribution in [0.5, 0.6) is 0 Å². The number of benzene rings is 1. The SMILES string of the molecule is CC(C)(C)[Si](C)(C)OCCC#C[C@@H]1CC[C@H](c2cc3cc(C(F)(F)F)ccc3o2)O1. The predicted molar refractivity (Wildman–Crippen MR) is 114 cm³/mol. The van der Waals surface area contributed by atoms with E-state index in [1.807, 2.05) is 0 Å². The lowest BCUT2D eigenvalue weighted by atomic mass is 10.1. The number of ether oxygens (including phenoxy) is 1. The molecule has 0 radical (unpaired) electrons. The van der Waals surface area contributed by atoms with E-state index in [1.54, 1.807) is 6.07 Å². The topological polar surface area (TPSA) is 31.6 Å². The van der Waals surface area contributed by atoms with Crippen LogP contribution in [-0.4, -0.2) is 21.0 Å². The molecule has 30 heavy (non-hydrogen) atoms. The molecule has 3 nitrogen and oxygen atoms in total. The van der Waals surface area contributed by atoms with Gasteiger partial charge in [-0.1, -0.05) is 32.6 Å². The Morgan fingerprint density at radius 1 is 1.13 bits per heavy atom. The molecule has 3 rings (SSSR count). The third-order valence-corrected chi connectivity index (χ3v) is 10.5. The monoisotopic (exact) mass is 438 g/mol. The number of halogens is 3. The lowest BCUT2D eigenvalue weighted by molar-refractivity contribution is -0.137. The van der Waals surface area contributed by atoms with E-state index in [0.717, 1.165) is 25.0 Å². The minimum Gasteiger partial charge on any atom is -0.458 e. The average Bonchev–Trinajstić information content (AvgIpc) is 3.25. The Labute approximate surface area is 177 Å². The van der Waals surface area contributed by atoms with Gasteiger partial charge in [-0.3, -0.25) is 0 Å². The van der Waals surface area contributed by atoms with Gasteiger partial charge in [0, 0.05) is 18.4 Å². The second-order valence-corrected chi connectivity index (χ2v) is 14.1. The number of alkyl halides is 3. The Balaban J connectivity index is 1.55. The number of hydrogen-bond acceptors (Lipinski definition) is 3. The maximum atomic E-state index is 12.9. The van der Waals surface area contributed by atoms with Crippen LogP contribution in [-0.2, 0) is 15.3 Å². The van der Waals surface area contributed by atoms with E-state index in [2.05, 4.69) is 45.7 Å². The molecule has 7 heteroatoms. The van der Waals surface area contributed by atoms with Gasteiger partial charge in [-0.05, 0) is 55.2 Å². The van der Waals surface area contributed by atoms with Crippen molar-refractivity contribution in [1.29, 1.82) is 0 Å². The number of fused-ring (bicyclic) bond motifs is 1. The van der Waals surface area contributed by atoms with Gasteiger partial charge in [0.15, 0.2) is 8.32 Å². The van der Waals surface area contributed by atoms with Gasteiger partial charge in [-0.25, -0.2) is 0 Å². The quantitative estimate of drug-likeness (QED) is 0.290. The molecule has 1 aromatic carbocycles. The molecular formula is C23H29F3O3Si. The van der Waals surface area contributed by atoms with E-state index in [0.29, 0.717) is 29.8 Å². The summed E-state index contributed by atoms with van der Waals surface area (Å²) in [5.41, 5.74) is -0.253. The Bertz CT molecular complexity index is 944. The van der Waals surface area contributed by atoms with Gasteiger partial charge in [0.25, 0.3) is 0 Å². The van der Waals surface area contributed by atoms with E-state index in [1.165, 1.54) is 6.07 Å². The van der Waals surface area contributed by atoms with Crippen LogP contribution in [0.25, 0.3) is 11.0 Å². The summed E-state index contributed by atoms with van der Waals surface area (Å²) in [5.74, 6) is 6.83. The zero-order valence-corrected chi connectivity index (χ0v) is 19.2. The fourth-order valence-corrected chi connectivity index (χ4v) is 4.16. The summed E-state index contributed by atoms with van der Waals surface area (Å²) in [6.07, 6.45) is -2.69. The largest absolute Gasteiger partial charge is 0.458 e. The Morgan fingerprint density at radius 3 is 2.53 bits per heavy atom. The number of rotatable bonds is 4. The van der Waals surface area contributed by atoms with Crippen molar-refractivity contribution in [3.63, 3.8) is 0 Å². The minimum atomic E-state index is -4.37. The normalized spacial score (nSPS) is 20.4. The summed E-state index contributed by atoms with van der Waals surface area (Å²) in [6.45, 7) is 11.7. The average molecular weight is 439 g/mol. The van der Waals surface area contributed by atoms with Crippen LogP contribution in [0.2, 0.25) is 18.1 Å². The molecular weight excluding hydrogens is 409 g/mol. The first-order valence-electron chi connectivity index (χ1n) is 10.3. The van der Waals surface area contributed by atoms with Crippen molar-refractivity contribution in [3.05, 3.63) is 35.6 Å². The highest BCUT2D eigenvalue weighted by Gasteiger charge is 2.37. The molecule has 1 fully saturated rings. The minimum absolute atomic E-state index is 0.176. The van der Waals surface area contributed by atoms with Gasteiger partial charge in [0.2, 0.25) is 0 Å². The van der Waals surface area contributed by atoms with Gasteiger partial charge in [0.1, 0.15) is 23.6 Å². The van der Waals surface area contributed by atoms with Crippen LogP contribution in [0.4, 0.5) is 13.2 Å². The molecule has 0 unspecified atom stereocenters. The smallest absolute Gasteiger partial charge is 0.416 e. The third kappa shape index (κ3) is 5.29. The molecule has 1 aromatic heterocycles. The van der Waals surface area contributed by atoms with Gasteiger partial charge in [0.05, 0.1) is 5.56 Å². The summed E-state index contributed by atoms with van der Waals surface area (Å²) in [7, 11) is -1.76. The fraction of sp³-hybridized carbons (Fsp3) is 0.565. The van der Waals surface area contributed by atoms with Crippen LogP contribution in [0.15, 0.2) is 28.7 Å². The molecule has 0 spiro atoms. The Kier molecular flexibility index (Phi) is 6.42. The molecule has 0 bridgehead atoms. The third-order valence-electron chi connectivity index (χ3n) is 5.96. The molecule has 2 atom stereocenters. The number of furan rings is 1. The molecule has 2 heterocycles. The van der Waals surface area contributed by atoms with Gasteiger partial charge in [-0.15, -0.1) is 0 Å². The summed E-state index contributed by atoms with van der Waals surface area (Å²) in [5, 5.41) is 0.607. The first-order chi connectivity index (χ1) is 13.9. The van der Waals surface area contributed by atoms with Gasteiger partial charge >= 0.3 is 6.18 Å². The van der Waals surface area contributed by atoms with Crippen molar-refractivity contribution in [2.75, 3.05) is 6.61 Å². The molecule has 2 aromatic rings. The van der Waals surface area contributed by atoms with E-state index < -0.39 is 20.1 Å². The fourth-order valence-electron chi connectivity index (χ4n) is 3.11. The molecule has 0 amide bonds. The molecule has 164 valence electrons. The predicted octanol–water partition coefficient (Wildman–Crippen LogP) is 7.09. The summed E-state index contributed by atoms with van der Waals surface area (Å²) >= 11 is 0. The van der Waals surface area contributed by atoms with Crippen LogP contribution in [0.1, 0.15) is 57.5 Å². The summed E-state index contributed by atoms with van der Waals surface area (Å²) in [6, 6.07) is 5.14. The first-order valence-corrected chi connectivity index (χ1v) is 13.2. The molecule has 0 aliphatic carbocycles. The zero-order valence-electron chi connectivity index (χ0n) is 18.2. The highest BCUT2D eigenvalue weighted by molar-refractivity contribution is 6.74. The molecule has 1 aliphatic rings. The van der Waals surface area contributed by atoms with Crippen molar-refractivity contribution in [2.24, 2.45) is 0 Å². The van der Waals surface area contributed by atoms with Crippen molar-refractivity contribution in [2.45, 2.75) is 76.6 Å². The number of hydrogen-bond donors (Lipinski definition) is 0. The summed E-state index contributed by atoms with van der Waals surface area (Å²) in [4.78, 5) is 0. The molecule has 1 saturated heterocycles. The van der Waals surface area contributed by atoms with Crippen molar-refractivity contribution in [3.8, 4) is 11.8 Å².